The third-order valence-electron chi connectivity index (χ3n) is 3.07. The molecule has 0 spiro atoms. The van der Waals surface area contributed by atoms with E-state index in [9.17, 15) is 4.79 Å². The highest BCUT2D eigenvalue weighted by molar-refractivity contribution is 6.30. The van der Waals surface area contributed by atoms with Crippen LogP contribution in [0, 0.1) is 0 Å². The Bertz CT molecular complexity index is 579. The Kier molecular flexibility index (Phi) is 4.63. The Morgan fingerprint density at radius 2 is 2.05 bits per heavy atom. The summed E-state index contributed by atoms with van der Waals surface area (Å²) in [6, 6.07) is 8.98. The summed E-state index contributed by atoms with van der Waals surface area (Å²) in [5, 5.41) is 10.4. The van der Waals surface area contributed by atoms with Crippen molar-refractivity contribution < 1.29 is 4.79 Å². The van der Waals surface area contributed by atoms with Crippen LogP contribution in [0.25, 0.3) is 0 Å². The molecule has 2 aromatic rings. The molecule has 1 aromatic heterocycles. The number of nitrogens with one attached hydrogen (secondary N) is 2. The number of hydrogen-bond acceptors (Lipinski definition) is 2. The molecule has 1 atom stereocenters. The van der Waals surface area contributed by atoms with Gasteiger partial charge in [0.05, 0.1) is 18.3 Å². The van der Waals surface area contributed by atoms with E-state index in [1.54, 1.807) is 10.9 Å². The first-order valence-corrected chi connectivity index (χ1v) is 6.71. The van der Waals surface area contributed by atoms with E-state index in [2.05, 4.69) is 15.7 Å². The van der Waals surface area contributed by atoms with Crippen molar-refractivity contribution in [2.45, 2.75) is 19.5 Å². The predicted octanol–water partition coefficient (Wildman–Crippen LogP) is 2.63. The first-order chi connectivity index (χ1) is 9.56. The van der Waals surface area contributed by atoms with Gasteiger partial charge in [-0.15, -0.1) is 0 Å². The van der Waals surface area contributed by atoms with Crippen molar-refractivity contribution in [1.82, 2.24) is 20.4 Å². The fourth-order valence-electron chi connectivity index (χ4n) is 1.83. The number of carbonyl (C=O) groups excluding carboxylic acids is 1. The number of benzene rings is 1. The van der Waals surface area contributed by atoms with Gasteiger partial charge in [0.25, 0.3) is 0 Å². The van der Waals surface area contributed by atoms with Gasteiger partial charge in [-0.25, -0.2) is 4.79 Å². The van der Waals surface area contributed by atoms with Crippen molar-refractivity contribution >= 4 is 17.6 Å². The first kappa shape index (κ1) is 14.4. The molecule has 20 heavy (non-hydrogen) atoms. The minimum Gasteiger partial charge on any atom is -0.333 e. The van der Waals surface area contributed by atoms with Crippen LogP contribution in [0.4, 0.5) is 4.79 Å². The van der Waals surface area contributed by atoms with Gasteiger partial charge in [0.15, 0.2) is 0 Å². The number of hydrogen-bond donors (Lipinski definition) is 2. The van der Waals surface area contributed by atoms with Crippen LogP contribution in [0.2, 0.25) is 5.02 Å². The number of halogens is 1. The quantitative estimate of drug-likeness (QED) is 0.910. The molecule has 2 N–H and O–H groups in total. The van der Waals surface area contributed by atoms with E-state index in [1.807, 2.05) is 44.3 Å². The zero-order valence-corrected chi connectivity index (χ0v) is 12.2. The van der Waals surface area contributed by atoms with Gasteiger partial charge in [-0.3, -0.25) is 4.68 Å². The van der Waals surface area contributed by atoms with E-state index in [-0.39, 0.29) is 12.1 Å². The Balaban J connectivity index is 1.85. The average molecular weight is 293 g/mol. The molecule has 0 saturated carbocycles. The summed E-state index contributed by atoms with van der Waals surface area (Å²) in [6.45, 7) is 2.36. The van der Waals surface area contributed by atoms with E-state index in [1.165, 1.54) is 0 Å². The third kappa shape index (κ3) is 3.74. The molecule has 106 valence electrons. The number of rotatable bonds is 4. The highest BCUT2D eigenvalue weighted by atomic mass is 35.5. The van der Waals surface area contributed by atoms with Crippen LogP contribution >= 0.6 is 11.6 Å². The summed E-state index contributed by atoms with van der Waals surface area (Å²) in [4.78, 5) is 11.8. The van der Waals surface area contributed by atoms with E-state index in [0.717, 1.165) is 11.3 Å². The van der Waals surface area contributed by atoms with Crippen LogP contribution in [-0.4, -0.2) is 15.8 Å². The maximum absolute atomic E-state index is 11.8. The van der Waals surface area contributed by atoms with Crippen LogP contribution in [0.3, 0.4) is 0 Å². The molecule has 6 heteroatoms. The molecule has 0 aliphatic carbocycles. The van der Waals surface area contributed by atoms with E-state index < -0.39 is 0 Å². The molecule has 0 aliphatic rings. The van der Waals surface area contributed by atoms with E-state index in [0.29, 0.717) is 11.6 Å². The lowest BCUT2D eigenvalue weighted by atomic mass is 10.1. The normalized spacial score (nSPS) is 11.9. The maximum atomic E-state index is 11.8. The fraction of sp³-hybridized carbons (Fsp3) is 0.286. The second kappa shape index (κ2) is 6.43. The Labute approximate surface area is 122 Å². The summed E-state index contributed by atoms with van der Waals surface area (Å²) >= 11 is 5.84. The van der Waals surface area contributed by atoms with E-state index >= 15 is 0 Å². The molecular weight excluding hydrogens is 276 g/mol. The van der Waals surface area contributed by atoms with E-state index in [4.69, 9.17) is 11.6 Å². The Morgan fingerprint density at radius 1 is 1.35 bits per heavy atom. The van der Waals surface area contributed by atoms with Gasteiger partial charge in [-0.1, -0.05) is 23.7 Å². The lowest BCUT2D eigenvalue weighted by Gasteiger charge is -2.15. The Hall–Kier alpha value is -2.01. The molecule has 1 unspecified atom stereocenters. The lowest BCUT2D eigenvalue weighted by Crippen LogP contribution is -2.37. The zero-order chi connectivity index (χ0) is 14.5. The lowest BCUT2D eigenvalue weighted by molar-refractivity contribution is 0.237. The first-order valence-electron chi connectivity index (χ1n) is 6.33. The number of urea groups is 1. The molecule has 0 radical (unpaired) electrons. The number of carbonyl (C=O) groups is 1. The molecule has 2 amide bonds. The summed E-state index contributed by atoms with van der Waals surface area (Å²) in [5.74, 6) is 0. The summed E-state index contributed by atoms with van der Waals surface area (Å²) in [7, 11) is 1.84. The number of amides is 2. The van der Waals surface area contributed by atoms with Crippen molar-refractivity contribution in [3.63, 3.8) is 0 Å². The molecule has 0 saturated heterocycles. The van der Waals surface area contributed by atoms with Gasteiger partial charge in [0.2, 0.25) is 0 Å². The second-order valence-corrected chi connectivity index (χ2v) is 4.98. The third-order valence-corrected chi connectivity index (χ3v) is 3.32. The molecule has 2 rings (SSSR count). The summed E-state index contributed by atoms with van der Waals surface area (Å²) < 4.78 is 1.73. The van der Waals surface area contributed by atoms with Crippen molar-refractivity contribution in [2.75, 3.05) is 0 Å². The standard InChI is InChI=1S/C14H17ClN4O/c1-10(11-3-5-12(15)6-4-11)18-14(20)16-9-13-7-8-17-19(13)2/h3-8,10H,9H2,1-2H3,(H2,16,18,20). The average Bonchev–Trinajstić information content (AvgIpc) is 2.82. The molecule has 0 fully saturated rings. The number of aromatic nitrogens is 2. The minimum atomic E-state index is -0.214. The van der Waals surface area contributed by atoms with Gasteiger partial charge in [0, 0.05) is 18.3 Å². The maximum Gasteiger partial charge on any atom is 0.315 e. The molecule has 1 heterocycles. The SMILES string of the molecule is CC(NC(=O)NCc1ccnn1C)c1ccc(Cl)cc1. The molecule has 0 bridgehead atoms. The van der Waals surface area contributed by atoms with Crippen LogP contribution in [0.5, 0.6) is 0 Å². The highest BCUT2D eigenvalue weighted by Gasteiger charge is 2.09. The number of nitrogens with zero attached hydrogens (tertiary/aromatic N) is 2. The fourth-order valence-corrected chi connectivity index (χ4v) is 1.95. The predicted molar refractivity (Wildman–Crippen MR) is 78.4 cm³/mol. The molecular formula is C14H17ClN4O. The Morgan fingerprint density at radius 3 is 2.65 bits per heavy atom. The van der Waals surface area contributed by atoms with Crippen molar-refractivity contribution in [3.05, 3.63) is 52.8 Å². The smallest absolute Gasteiger partial charge is 0.315 e. The zero-order valence-electron chi connectivity index (χ0n) is 11.4. The van der Waals surface area contributed by atoms with Gasteiger partial charge in [0.1, 0.15) is 0 Å². The van der Waals surface area contributed by atoms with Crippen LogP contribution in [-0.2, 0) is 13.6 Å². The summed E-state index contributed by atoms with van der Waals surface area (Å²) in [5.41, 5.74) is 1.95. The molecule has 1 aromatic carbocycles. The summed E-state index contributed by atoms with van der Waals surface area (Å²) in [6.07, 6.45) is 1.70. The largest absolute Gasteiger partial charge is 0.333 e. The molecule has 5 nitrogen and oxygen atoms in total. The van der Waals surface area contributed by atoms with Crippen molar-refractivity contribution in [2.24, 2.45) is 7.05 Å². The van der Waals surface area contributed by atoms with Gasteiger partial charge in [-0.05, 0) is 30.7 Å². The van der Waals surface area contributed by atoms with Crippen LogP contribution in [0.1, 0.15) is 24.2 Å². The monoisotopic (exact) mass is 292 g/mol. The van der Waals surface area contributed by atoms with Gasteiger partial charge in [-0.2, -0.15) is 5.10 Å². The van der Waals surface area contributed by atoms with Crippen molar-refractivity contribution in [1.29, 1.82) is 0 Å². The van der Waals surface area contributed by atoms with Gasteiger partial charge < -0.3 is 10.6 Å². The molecule has 0 aliphatic heterocycles. The van der Waals surface area contributed by atoms with Gasteiger partial charge >= 0.3 is 6.03 Å². The highest BCUT2D eigenvalue weighted by Crippen LogP contribution is 2.15. The van der Waals surface area contributed by atoms with Crippen LogP contribution in [0.15, 0.2) is 36.5 Å². The number of aryl methyl sites for hydroxylation is 1. The second-order valence-electron chi connectivity index (χ2n) is 4.55. The van der Waals surface area contributed by atoms with Crippen molar-refractivity contribution in [3.8, 4) is 0 Å². The topological polar surface area (TPSA) is 59.0 Å². The minimum absolute atomic E-state index is 0.0844. The van der Waals surface area contributed by atoms with Crippen LogP contribution < -0.4 is 10.6 Å².